The zero-order valence-corrected chi connectivity index (χ0v) is 54.0. The lowest BCUT2D eigenvalue weighted by Gasteiger charge is -2.55. The lowest BCUT2D eigenvalue weighted by Crippen LogP contribution is -2.66. The molecule has 16 rings (SSSR count). The summed E-state index contributed by atoms with van der Waals surface area (Å²) in [6, 6.07) is 14.0. The van der Waals surface area contributed by atoms with Crippen molar-refractivity contribution in [3.05, 3.63) is 129 Å². The zero-order chi connectivity index (χ0) is 67.3. The van der Waals surface area contributed by atoms with Crippen LogP contribution in [0.4, 0.5) is 43.8 Å². The number of hydrogen-bond donors (Lipinski definition) is 4. The highest BCUT2D eigenvalue weighted by molar-refractivity contribution is 9.10. The first-order chi connectivity index (χ1) is 45.4. The number of hydrogen-bond acceptors (Lipinski definition) is 17. The first kappa shape index (κ1) is 64.9. The minimum absolute atomic E-state index is 0.0483. The molecule has 13 heterocycles. The van der Waals surface area contributed by atoms with Crippen LogP contribution in [0.3, 0.4) is 0 Å². The van der Waals surface area contributed by atoms with E-state index in [1.54, 1.807) is 31.4 Å². The summed E-state index contributed by atoms with van der Waals surface area (Å²) >= 11 is 2.77. The van der Waals surface area contributed by atoms with Crippen LogP contribution in [0.2, 0.25) is 0 Å². The molecule has 3 aromatic carbocycles. The summed E-state index contributed by atoms with van der Waals surface area (Å²) < 4.78 is 130. The Hall–Kier alpha value is -8.74. The molecule has 29 heteroatoms. The monoisotopic (exact) mass is 1380 g/mol. The summed E-state index contributed by atoms with van der Waals surface area (Å²) in [5.74, 6) is -3.11. The van der Waals surface area contributed by atoms with Crippen LogP contribution in [-0.2, 0) is 23.5 Å². The van der Waals surface area contributed by atoms with E-state index in [1.807, 2.05) is 39.8 Å². The fraction of sp³-hybridized carbons (Fsp3) is 0.364. The van der Waals surface area contributed by atoms with Crippen LogP contribution >= 0.6 is 15.9 Å². The molecule has 0 aliphatic carbocycles. The van der Waals surface area contributed by atoms with E-state index < -0.39 is 48.0 Å². The number of halogens is 7. The van der Waals surface area contributed by atoms with Gasteiger partial charge in [0, 0.05) is 85.2 Å². The quantitative estimate of drug-likeness (QED) is 0.0385. The van der Waals surface area contributed by atoms with E-state index in [0.717, 1.165) is 109 Å². The lowest BCUT2D eigenvalue weighted by molar-refractivity contribution is -0.127. The third kappa shape index (κ3) is 11.3. The standard InChI is InChI=1S/C20H17F2N3O4.C20H17F2N3O3.C17H25BN2O4.C9H4BrF2NO/c1-28-18-10(2-3-14(24-18)25-6-20(7-25)8-29-9-20)15-12(21)4-13-16(17(15)22)11(5-23-13)19(26)27;1-27-19-12(2-3-15(24-19)25-7-20(8-25)9-28-10-20)17-13(21)4-14-16(18(17)22)11(6-26)5-23-14;1-15(2)16(3,4)24-18(23-15)12-6-7-13(19-14(12)21-5)20-8-17(9-20)10-22-11-17;10-8-5(11)1-6-7(9(8)12)4(3-14)2-13-6/h2-5,23H,6-9H2,1H3,(H,26,27);2-6,23H,7-10H2,1H3;6-7H,8-11H2,1-5H3;1-3,13H. The maximum atomic E-state index is 15.2. The molecule has 7 saturated heterocycles. The third-order valence-corrected chi connectivity index (χ3v) is 19.6. The van der Waals surface area contributed by atoms with Gasteiger partial charge in [0.2, 0.25) is 17.6 Å². The van der Waals surface area contributed by atoms with E-state index in [4.69, 9.17) is 37.7 Å². The summed E-state index contributed by atoms with van der Waals surface area (Å²) in [6.45, 7) is 18.2. The fourth-order valence-electron chi connectivity index (χ4n) is 12.9. The molecule has 9 aromatic rings. The number of carboxylic acids is 1. The fourth-order valence-corrected chi connectivity index (χ4v) is 13.2. The summed E-state index contributed by atoms with van der Waals surface area (Å²) in [5.41, 5.74) is 1.13. The van der Waals surface area contributed by atoms with Gasteiger partial charge in [-0.25, -0.2) is 31.1 Å². The molecule has 6 aromatic heterocycles. The van der Waals surface area contributed by atoms with E-state index >= 15 is 8.78 Å². The van der Waals surface area contributed by atoms with Crippen LogP contribution in [0.1, 0.15) is 58.8 Å². The second-order valence-electron chi connectivity index (χ2n) is 25.9. The molecule has 7 fully saturated rings. The number of benzene rings is 3. The Morgan fingerprint density at radius 1 is 0.547 bits per heavy atom. The van der Waals surface area contributed by atoms with Gasteiger partial charge in [-0.15, -0.1) is 0 Å². The maximum Gasteiger partial charge on any atom is 0.500 e. The smallest absolute Gasteiger partial charge is 0.481 e. The van der Waals surface area contributed by atoms with Crippen LogP contribution < -0.4 is 34.4 Å². The Bertz CT molecular complexity index is 4520. The third-order valence-electron chi connectivity index (χ3n) is 18.8. The van der Waals surface area contributed by atoms with Crippen LogP contribution in [0.15, 0.2) is 77.7 Å². The van der Waals surface area contributed by atoms with Gasteiger partial charge < -0.3 is 72.5 Å². The number of ether oxygens (including phenoxy) is 6. The van der Waals surface area contributed by atoms with Crippen molar-refractivity contribution in [2.75, 3.05) is 115 Å². The highest BCUT2D eigenvalue weighted by Gasteiger charge is 2.54. The highest BCUT2D eigenvalue weighted by Crippen LogP contribution is 2.46. The molecular formula is C66H63BBrF6N9O12. The summed E-state index contributed by atoms with van der Waals surface area (Å²) in [5, 5.41) is 9.26. The van der Waals surface area contributed by atoms with Gasteiger partial charge in [0.15, 0.2) is 12.6 Å². The van der Waals surface area contributed by atoms with Crippen LogP contribution in [0.5, 0.6) is 17.6 Å². The van der Waals surface area contributed by atoms with Gasteiger partial charge in [-0.1, -0.05) is 6.07 Å². The van der Waals surface area contributed by atoms with E-state index in [0.29, 0.717) is 35.5 Å². The number of nitrogens with zero attached hydrogens (tertiary/aromatic N) is 6. The number of aromatic nitrogens is 6. The Kier molecular flexibility index (Phi) is 16.7. The lowest BCUT2D eigenvalue weighted by atomic mass is 9.77. The van der Waals surface area contributed by atoms with Crippen LogP contribution in [-0.4, -0.2) is 172 Å². The normalized spacial score (nSPS) is 18.6. The number of carbonyl (C=O) groups excluding carboxylic acids is 2. The van der Waals surface area contributed by atoms with E-state index in [-0.39, 0.29) is 110 Å². The number of carboxylic acid groups (broad SMARTS) is 1. The number of aldehydes is 2. The second-order valence-corrected chi connectivity index (χ2v) is 26.7. The van der Waals surface area contributed by atoms with Gasteiger partial charge in [0.25, 0.3) is 0 Å². The molecule has 496 valence electrons. The number of methoxy groups -OCH3 is 3. The topological polar surface area (TPSA) is 241 Å². The maximum absolute atomic E-state index is 15.2. The van der Waals surface area contributed by atoms with E-state index in [9.17, 15) is 37.1 Å². The molecule has 0 amide bonds. The molecular weight excluding hydrogens is 1320 g/mol. The minimum atomic E-state index is -1.31. The number of aromatic amines is 3. The number of nitrogens with one attached hydrogen (secondary N) is 3. The molecule has 0 unspecified atom stereocenters. The van der Waals surface area contributed by atoms with Crippen molar-refractivity contribution < 1.29 is 83.6 Å². The van der Waals surface area contributed by atoms with Crippen molar-refractivity contribution in [1.82, 2.24) is 29.9 Å². The van der Waals surface area contributed by atoms with Crippen LogP contribution in [0, 0.1) is 51.1 Å². The number of fused-ring (bicyclic) bond motifs is 3. The van der Waals surface area contributed by atoms with Crippen LogP contribution in [0.25, 0.3) is 55.0 Å². The number of anilines is 3. The summed E-state index contributed by atoms with van der Waals surface area (Å²) in [7, 11) is 3.96. The van der Waals surface area contributed by atoms with Crippen molar-refractivity contribution in [3.63, 3.8) is 0 Å². The number of pyridine rings is 3. The second kappa shape index (κ2) is 24.5. The minimum Gasteiger partial charge on any atom is -0.481 e. The molecule has 7 aliphatic rings. The SMILES string of the molecule is COc1nc(N2CC3(COC3)C2)ccc1-c1c(F)cc2[nH]cc(C(=O)O)c2c1F.COc1nc(N2CC3(COC3)C2)ccc1-c1c(F)cc2[nH]cc(C=O)c2c1F.COc1nc(N2CC3(COC3)C2)ccc1B1OC(C)(C)C(C)(C)O1.O=Cc1c[nH]c2cc(F)c(Br)c(F)c12. The Labute approximate surface area is 547 Å². The van der Waals surface area contributed by atoms with Crippen molar-refractivity contribution in [2.45, 2.75) is 38.9 Å². The molecule has 7 aliphatic heterocycles. The highest BCUT2D eigenvalue weighted by atomic mass is 79.9. The van der Waals surface area contributed by atoms with Crippen molar-refractivity contribution in [2.24, 2.45) is 16.2 Å². The summed E-state index contributed by atoms with van der Waals surface area (Å²) in [4.78, 5) is 61.0. The van der Waals surface area contributed by atoms with Gasteiger partial charge in [-0.3, -0.25) is 9.59 Å². The van der Waals surface area contributed by atoms with Gasteiger partial charge >= 0.3 is 13.1 Å². The Balaban J connectivity index is 0.000000118. The molecule has 0 radical (unpaired) electrons. The van der Waals surface area contributed by atoms with Gasteiger partial charge in [0.1, 0.15) is 52.4 Å². The van der Waals surface area contributed by atoms with Crippen molar-refractivity contribution in [3.8, 4) is 39.9 Å². The molecule has 0 atom stereocenters. The van der Waals surface area contributed by atoms with Crippen molar-refractivity contribution in [1.29, 1.82) is 0 Å². The molecule has 0 saturated carbocycles. The average molecular weight is 1380 g/mol. The first-order valence-electron chi connectivity index (χ1n) is 30.1. The van der Waals surface area contributed by atoms with E-state index in [1.165, 1.54) is 32.7 Å². The zero-order valence-electron chi connectivity index (χ0n) is 52.4. The van der Waals surface area contributed by atoms with Gasteiger partial charge in [0.05, 0.1) is 143 Å². The van der Waals surface area contributed by atoms with E-state index in [2.05, 4.69) is 60.5 Å². The first-order valence-corrected chi connectivity index (χ1v) is 30.9. The number of rotatable bonds is 12. The van der Waals surface area contributed by atoms with Gasteiger partial charge in [-0.2, -0.15) is 15.0 Å². The van der Waals surface area contributed by atoms with Crippen molar-refractivity contribution >= 4 is 97.2 Å². The Morgan fingerprint density at radius 3 is 1.31 bits per heavy atom. The molecule has 0 bridgehead atoms. The number of H-pyrrole nitrogens is 3. The number of aromatic carboxylic acids is 1. The molecule has 3 spiro atoms. The predicted octanol–water partition coefficient (Wildman–Crippen LogP) is 10.5. The van der Waals surface area contributed by atoms with Gasteiger partial charge in [-0.05, 0) is 92.2 Å². The molecule has 21 nitrogen and oxygen atoms in total. The average Bonchev–Trinajstić information content (AvgIpc) is 1.35. The molecule has 95 heavy (non-hydrogen) atoms. The molecule has 4 N–H and O–H groups in total. The largest absolute Gasteiger partial charge is 0.500 e. The Morgan fingerprint density at radius 2 is 0.916 bits per heavy atom. The number of carbonyl (C=O) groups is 3. The predicted molar refractivity (Wildman–Crippen MR) is 343 cm³/mol. The summed E-state index contributed by atoms with van der Waals surface area (Å²) in [6.07, 6.45) is 4.89.